The first kappa shape index (κ1) is 17.3. The minimum absolute atomic E-state index is 0.121. The second-order valence-electron chi connectivity index (χ2n) is 6.82. The lowest BCUT2D eigenvalue weighted by Gasteiger charge is -2.16. The van der Waals surface area contributed by atoms with Gasteiger partial charge in [0.25, 0.3) is 0 Å². The van der Waals surface area contributed by atoms with Gasteiger partial charge in [-0.15, -0.1) is 11.3 Å². The average Bonchev–Trinajstić information content (AvgIpc) is 3.15. The van der Waals surface area contributed by atoms with Crippen molar-refractivity contribution < 1.29 is 9.21 Å². The van der Waals surface area contributed by atoms with Crippen LogP contribution in [0.1, 0.15) is 38.0 Å². The molecular formula is C18H20N4O2S. The molecule has 1 N–H and O–H groups in total. The third-order valence-corrected chi connectivity index (χ3v) is 4.36. The number of amides is 1. The molecule has 0 saturated heterocycles. The number of nitrogens with zero attached hydrogens (tertiary/aromatic N) is 3. The van der Waals surface area contributed by atoms with Crippen LogP contribution in [0.25, 0.3) is 10.8 Å². The third-order valence-electron chi connectivity index (χ3n) is 3.45. The normalized spacial score (nSPS) is 11.5. The van der Waals surface area contributed by atoms with E-state index in [1.165, 1.54) is 11.3 Å². The molecule has 130 valence electrons. The van der Waals surface area contributed by atoms with Crippen molar-refractivity contribution in [3.63, 3.8) is 0 Å². The molecule has 3 aromatic heterocycles. The van der Waals surface area contributed by atoms with Crippen LogP contribution in [0, 0.1) is 6.92 Å². The lowest BCUT2D eigenvalue weighted by molar-refractivity contribution is -0.115. The zero-order chi connectivity index (χ0) is 18.0. The first-order valence-corrected chi connectivity index (χ1v) is 8.83. The molecule has 0 unspecified atom stereocenters. The predicted octanol–water partition coefficient (Wildman–Crippen LogP) is 3.98. The number of nitrogens with one attached hydrogen (secondary N) is 1. The summed E-state index contributed by atoms with van der Waals surface area (Å²) in [5.41, 5.74) is 1.16. The number of aryl methyl sites for hydroxylation is 1. The Morgan fingerprint density at radius 1 is 1.24 bits per heavy atom. The van der Waals surface area contributed by atoms with Crippen LogP contribution >= 0.6 is 11.3 Å². The van der Waals surface area contributed by atoms with Gasteiger partial charge in [0.1, 0.15) is 11.6 Å². The van der Waals surface area contributed by atoms with E-state index in [9.17, 15) is 4.79 Å². The van der Waals surface area contributed by atoms with Gasteiger partial charge in [0.05, 0.1) is 30.2 Å². The Kier molecular flexibility index (Phi) is 4.67. The summed E-state index contributed by atoms with van der Waals surface area (Å²) in [5, 5.41) is 5.44. The Labute approximate surface area is 150 Å². The number of hydrogen-bond acceptors (Lipinski definition) is 6. The third kappa shape index (κ3) is 4.30. The molecule has 3 aromatic rings. The fourth-order valence-electron chi connectivity index (χ4n) is 2.20. The summed E-state index contributed by atoms with van der Waals surface area (Å²) in [6.07, 6.45) is 3.45. The van der Waals surface area contributed by atoms with Gasteiger partial charge >= 0.3 is 0 Å². The molecule has 0 aliphatic rings. The molecule has 0 aliphatic carbocycles. The quantitative estimate of drug-likeness (QED) is 0.765. The Morgan fingerprint density at radius 3 is 2.56 bits per heavy atom. The number of hydrogen-bond donors (Lipinski definition) is 1. The Bertz CT molecular complexity index is 875. The van der Waals surface area contributed by atoms with Crippen molar-refractivity contribution in [1.29, 1.82) is 0 Å². The smallest absolute Gasteiger partial charge is 0.230 e. The van der Waals surface area contributed by atoms with Gasteiger partial charge in [0.2, 0.25) is 5.91 Å². The molecule has 0 fully saturated rings. The minimum Gasteiger partial charge on any atom is -0.459 e. The fraction of sp³-hybridized carbons (Fsp3) is 0.333. The Balaban J connectivity index is 1.62. The zero-order valence-corrected chi connectivity index (χ0v) is 15.5. The van der Waals surface area contributed by atoms with E-state index in [2.05, 4.69) is 20.3 Å². The van der Waals surface area contributed by atoms with Crippen molar-refractivity contribution in [2.75, 3.05) is 5.32 Å². The second-order valence-corrected chi connectivity index (χ2v) is 7.68. The van der Waals surface area contributed by atoms with Crippen LogP contribution in [0.5, 0.6) is 0 Å². The van der Waals surface area contributed by atoms with Gasteiger partial charge in [0.15, 0.2) is 10.8 Å². The highest BCUT2D eigenvalue weighted by Gasteiger charge is 2.17. The van der Waals surface area contributed by atoms with Crippen LogP contribution in [0.3, 0.4) is 0 Å². The lowest BCUT2D eigenvalue weighted by atomic mass is 9.96. The van der Waals surface area contributed by atoms with E-state index in [1.807, 2.05) is 45.2 Å². The summed E-state index contributed by atoms with van der Waals surface area (Å²) in [4.78, 5) is 25.3. The van der Waals surface area contributed by atoms with E-state index in [-0.39, 0.29) is 17.7 Å². The highest BCUT2D eigenvalue weighted by atomic mass is 32.1. The van der Waals surface area contributed by atoms with Crippen LogP contribution in [0.2, 0.25) is 0 Å². The monoisotopic (exact) mass is 356 g/mol. The number of carbonyl (C=O) groups excluding carboxylic acids is 1. The van der Waals surface area contributed by atoms with E-state index < -0.39 is 0 Å². The van der Waals surface area contributed by atoms with Gasteiger partial charge in [-0.3, -0.25) is 4.79 Å². The van der Waals surface area contributed by atoms with E-state index in [4.69, 9.17) is 4.42 Å². The first-order valence-electron chi connectivity index (χ1n) is 7.95. The van der Waals surface area contributed by atoms with Crippen LogP contribution in [-0.2, 0) is 16.6 Å². The molecule has 0 saturated carbocycles. The van der Waals surface area contributed by atoms with Crippen molar-refractivity contribution in [1.82, 2.24) is 15.0 Å². The Morgan fingerprint density at radius 2 is 1.96 bits per heavy atom. The molecule has 6 nitrogen and oxygen atoms in total. The van der Waals surface area contributed by atoms with Crippen molar-refractivity contribution in [3.8, 4) is 10.8 Å². The molecule has 0 aliphatic heterocycles. The fourth-order valence-corrected chi connectivity index (χ4v) is 2.98. The zero-order valence-electron chi connectivity index (χ0n) is 14.7. The number of anilines is 1. The van der Waals surface area contributed by atoms with Crippen molar-refractivity contribution in [2.45, 2.75) is 39.5 Å². The van der Waals surface area contributed by atoms with Gasteiger partial charge < -0.3 is 9.73 Å². The molecule has 0 aromatic carbocycles. The first-order chi connectivity index (χ1) is 11.8. The van der Waals surface area contributed by atoms with E-state index in [0.717, 1.165) is 22.4 Å². The number of thiazole rings is 1. The minimum atomic E-state index is -0.153. The largest absolute Gasteiger partial charge is 0.459 e. The summed E-state index contributed by atoms with van der Waals surface area (Å²) >= 11 is 1.46. The van der Waals surface area contributed by atoms with Crippen molar-refractivity contribution in [3.05, 3.63) is 47.2 Å². The second kappa shape index (κ2) is 6.76. The molecule has 3 rings (SSSR count). The van der Waals surface area contributed by atoms with E-state index in [0.29, 0.717) is 11.4 Å². The molecule has 3 heterocycles. The molecule has 0 radical (unpaired) electrons. The van der Waals surface area contributed by atoms with E-state index >= 15 is 0 Å². The lowest BCUT2D eigenvalue weighted by Crippen LogP contribution is -2.18. The summed E-state index contributed by atoms with van der Waals surface area (Å²) in [7, 11) is 0. The summed E-state index contributed by atoms with van der Waals surface area (Å²) in [6, 6.07) is 3.77. The van der Waals surface area contributed by atoms with Gasteiger partial charge in [-0.05, 0) is 19.1 Å². The number of rotatable bonds is 4. The van der Waals surface area contributed by atoms with Crippen LogP contribution in [0.4, 0.5) is 5.69 Å². The summed E-state index contributed by atoms with van der Waals surface area (Å²) in [5.74, 6) is 2.14. The molecule has 0 spiro atoms. The van der Waals surface area contributed by atoms with Crippen molar-refractivity contribution >= 4 is 22.9 Å². The molecule has 0 atom stereocenters. The molecule has 25 heavy (non-hydrogen) atoms. The maximum absolute atomic E-state index is 12.2. The number of aromatic nitrogens is 3. The Hall–Kier alpha value is -2.54. The van der Waals surface area contributed by atoms with Gasteiger partial charge in [-0.2, -0.15) is 0 Å². The van der Waals surface area contributed by atoms with Crippen molar-refractivity contribution in [2.24, 2.45) is 0 Å². The van der Waals surface area contributed by atoms with Crippen LogP contribution in [-0.4, -0.2) is 20.9 Å². The maximum atomic E-state index is 12.2. The highest BCUT2D eigenvalue weighted by Crippen LogP contribution is 2.25. The molecule has 7 heteroatoms. The molecular weight excluding hydrogens is 336 g/mol. The van der Waals surface area contributed by atoms with Gasteiger partial charge in [0, 0.05) is 10.8 Å². The maximum Gasteiger partial charge on any atom is 0.230 e. The highest BCUT2D eigenvalue weighted by molar-refractivity contribution is 7.13. The SMILES string of the molecule is Cc1ccc(-c2nc(CC(=O)Nc3cnc(C(C)(C)C)nc3)cs2)o1. The molecule has 0 bridgehead atoms. The van der Waals surface area contributed by atoms with E-state index in [1.54, 1.807) is 12.4 Å². The van der Waals surface area contributed by atoms with Gasteiger partial charge in [-0.25, -0.2) is 15.0 Å². The average molecular weight is 356 g/mol. The number of carbonyl (C=O) groups is 1. The summed E-state index contributed by atoms with van der Waals surface area (Å²) < 4.78 is 5.55. The topological polar surface area (TPSA) is 80.9 Å². The molecule has 1 amide bonds. The summed E-state index contributed by atoms with van der Waals surface area (Å²) in [6.45, 7) is 8.02. The predicted molar refractivity (Wildman–Crippen MR) is 97.6 cm³/mol. The van der Waals surface area contributed by atoms with Gasteiger partial charge in [-0.1, -0.05) is 20.8 Å². The van der Waals surface area contributed by atoms with Crippen LogP contribution < -0.4 is 5.32 Å². The number of furan rings is 1. The van der Waals surface area contributed by atoms with Crippen LogP contribution in [0.15, 0.2) is 34.3 Å². The standard InChI is InChI=1S/C18H20N4O2S/c1-11-5-6-14(24-11)16-22-12(10-25-16)7-15(23)21-13-8-19-17(20-9-13)18(2,3)4/h5-6,8-10H,7H2,1-4H3,(H,21,23).